The van der Waals surface area contributed by atoms with Crippen LogP contribution >= 0.6 is 23.2 Å². The number of benzene rings is 6. The lowest BCUT2D eigenvalue weighted by Crippen LogP contribution is -2.41. The second-order valence-corrected chi connectivity index (χ2v) is 19.8. The number of para-hydroxylation sites is 6. The minimum absolute atomic E-state index is 0.0452. The summed E-state index contributed by atoms with van der Waals surface area (Å²) in [5.74, 6) is 3.60. The molecular weight excluding hydrogens is 1050 g/mol. The van der Waals surface area contributed by atoms with E-state index in [1.807, 2.05) is 146 Å². The summed E-state index contributed by atoms with van der Waals surface area (Å²) < 4.78 is 29.8. The molecule has 21 heteroatoms. The molecule has 0 aliphatic carbocycles. The summed E-state index contributed by atoms with van der Waals surface area (Å²) in [6.45, 7) is 8.22. The number of halogens is 2. The zero-order valence-electron chi connectivity index (χ0n) is 43.0. The maximum absolute atomic E-state index is 6.08. The summed E-state index contributed by atoms with van der Waals surface area (Å²) in [7, 11) is -0.354. The zero-order valence-corrected chi connectivity index (χ0v) is 44.5. The van der Waals surface area contributed by atoms with Crippen LogP contribution in [0.1, 0.15) is 27.7 Å². The van der Waals surface area contributed by atoms with Gasteiger partial charge in [0, 0.05) is 52.6 Å². The maximum atomic E-state index is 6.08. The minimum Gasteiger partial charge on any atom is -0.436 e. The summed E-state index contributed by atoms with van der Waals surface area (Å²) >= 11 is 11.2. The Morgan fingerprint density at radius 2 is 0.650 bits per heavy atom. The molecule has 1 aliphatic heterocycles. The molecule has 14 rings (SSSR count). The van der Waals surface area contributed by atoms with Gasteiger partial charge in [-0.3, -0.25) is 0 Å². The van der Waals surface area contributed by atoms with E-state index < -0.39 is 0 Å². The van der Waals surface area contributed by atoms with E-state index in [1.165, 1.54) is 12.7 Å². The Kier molecular flexibility index (Phi) is 13.9. The Balaban J connectivity index is 0.000000140. The van der Waals surface area contributed by atoms with Crippen LogP contribution in [-0.4, -0.2) is 83.1 Å². The average molecular weight is 1090 g/mol. The van der Waals surface area contributed by atoms with E-state index in [1.54, 1.807) is 24.8 Å². The molecule has 18 nitrogen and oxygen atoms in total. The van der Waals surface area contributed by atoms with Gasteiger partial charge in [-0.2, -0.15) is 15.0 Å². The summed E-state index contributed by atoms with van der Waals surface area (Å²) in [5, 5.41) is 0.0905. The van der Waals surface area contributed by atoms with Crippen LogP contribution in [0, 0.1) is 0 Å². The van der Waals surface area contributed by atoms with Gasteiger partial charge in [-0.1, -0.05) is 72.8 Å². The van der Waals surface area contributed by atoms with E-state index in [-0.39, 0.29) is 28.9 Å². The van der Waals surface area contributed by atoms with Gasteiger partial charge < -0.3 is 22.6 Å². The molecule has 0 atom stereocenters. The Labute approximate surface area is 466 Å². The SMILES string of the molecule is CC1(C)OB(c2ccc(-c3nc4ccccc4o3)cc2)OC1(C)C.Clc1nc(Cl)nc(-c2cncnc2)n1.c1ccc2oc(-c3ccc(-c4nc(-c5ccc(-c6nc7ccccc7o6)cc5)nc(-c5cncnc5)n4)cc3)nc2c1. The molecule has 13 aromatic rings. The van der Waals surface area contributed by atoms with Gasteiger partial charge >= 0.3 is 7.12 Å². The number of nitrogens with zero attached hydrogens (tertiary/aromatic N) is 13. The number of hydrogen-bond acceptors (Lipinski definition) is 18. The van der Waals surface area contributed by atoms with E-state index >= 15 is 0 Å². The van der Waals surface area contributed by atoms with E-state index in [4.69, 9.17) is 60.7 Å². The topological polar surface area (TPSA) is 225 Å². The predicted octanol–water partition coefficient (Wildman–Crippen LogP) is 12.7. The van der Waals surface area contributed by atoms with Gasteiger partial charge in [-0.15, -0.1) is 0 Å². The van der Waals surface area contributed by atoms with Crippen molar-refractivity contribution >= 4 is 69.1 Å². The van der Waals surface area contributed by atoms with Crippen LogP contribution in [0.25, 0.3) is 113 Å². The fourth-order valence-electron chi connectivity index (χ4n) is 8.32. The molecular formula is C59H42BCl2N13O5. The van der Waals surface area contributed by atoms with Gasteiger partial charge in [-0.25, -0.2) is 49.8 Å². The second kappa shape index (κ2) is 21.7. The van der Waals surface area contributed by atoms with Crippen LogP contribution < -0.4 is 5.46 Å². The van der Waals surface area contributed by atoms with Crippen molar-refractivity contribution in [1.82, 2.24) is 64.8 Å². The molecule has 0 saturated carbocycles. The zero-order chi connectivity index (χ0) is 54.8. The van der Waals surface area contributed by atoms with Gasteiger partial charge in [0.05, 0.1) is 22.3 Å². The predicted molar refractivity (Wildman–Crippen MR) is 304 cm³/mol. The molecule has 390 valence electrons. The highest BCUT2D eigenvalue weighted by Gasteiger charge is 2.51. The molecule has 0 amide bonds. The van der Waals surface area contributed by atoms with E-state index in [0.717, 1.165) is 66.6 Å². The highest BCUT2D eigenvalue weighted by Crippen LogP contribution is 2.37. The lowest BCUT2D eigenvalue weighted by Gasteiger charge is -2.32. The van der Waals surface area contributed by atoms with Crippen molar-refractivity contribution in [3.8, 4) is 79.9 Å². The van der Waals surface area contributed by atoms with Crippen molar-refractivity contribution in [3.63, 3.8) is 0 Å². The number of rotatable bonds is 8. The van der Waals surface area contributed by atoms with Crippen molar-refractivity contribution < 1.29 is 22.6 Å². The molecule has 0 spiro atoms. The minimum atomic E-state index is -0.354. The largest absolute Gasteiger partial charge is 0.494 e. The molecule has 0 unspecified atom stereocenters. The van der Waals surface area contributed by atoms with E-state index in [9.17, 15) is 0 Å². The van der Waals surface area contributed by atoms with Crippen molar-refractivity contribution in [2.75, 3.05) is 0 Å². The van der Waals surface area contributed by atoms with Gasteiger partial charge in [0.25, 0.3) is 0 Å². The van der Waals surface area contributed by atoms with E-state index in [2.05, 4.69) is 77.5 Å². The van der Waals surface area contributed by atoms with Crippen LogP contribution in [0.15, 0.2) is 196 Å². The number of aromatic nitrogens is 13. The first kappa shape index (κ1) is 51.2. The van der Waals surface area contributed by atoms with Gasteiger partial charge in [-0.05, 0) is 129 Å². The third-order valence-electron chi connectivity index (χ3n) is 13.2. The Bertz CT molecular complexity index is 4030. The van der Waals surface area contributed by atoms with Gasteiger partial charge in [0.2, 0.25) is 28.2 Å². The molecule has 0 N–H and O–H groups in total. The molecule has 0 bridgehead atoms. The lowest BCUT2D eigenvalue weighted by molar-refractivity contribution is 0.00578. The van der Waals surface area contributed by atoms with Crippen molar-refractivity contribution in [2.45, 2.75) is 38.9 Å². The number of fused-ring (bicyclic) bond motifs is 3. The fraction of sp³-hybridized carbons (Fsp3) is 0.102. The molecule has 0 radical (unpaired) electrons. The second-order valence-electron chi connectivity index (χ2n) is 19.1. The third-order valence-corrected chi connectivity index (χ3v) is 13.5. The maximum Gasteiger partial charge on any atom is 0.494 e. The Morgan fingerprint density at radius 3 is 1.01 bits per heavy atom. The van der Waals surface area contributed by atoms with Gasteiger partial charge in [0.1, 0.15) is 29.2 Å². The quantitative estimate of drug-likeness (QED) is 0.129. The third kappa shape index (κ3) is 11.0. The fourth-order valence-corrected chi connectivity index (χ4v) is 8.68. The molecule has 80 heavy (non-hydrogen) atoms. The summed E-state index contributed by atoms with van der Waals surface area (Å²) in [6.07, 6.45) is 9.38. The highest BCUT2D eigenvalue weighted by molar-refractivity contribution is 6.62. The first-order chi connectivity index (χ1) is 38.9. The van der Waals surface area contributed by atoms with Crippen molar-refractivity contribution in [1.29, 1.82) is 0 Å². The van der Waals surface area contributed by atoms with Crippen LogP contribution in [0.2, 0.25) is 10.6 Å². The summed E-state index contributed by atoms with van der Waals surface area (Å²) in [5.41, 5.74) is 10.7. The molecule has 1 saturated heterocycles. The summed E-state index contributed by atoms with van der Waals surface area (Å²) in [6, 6.07) is 46.7. The Hall–Kier alpha value is -9.53. The van der Waals surface area contributed by atoms with Crippen LogP contribution in [-0.2, 0) is 9.31 Å². The Morgan fingerprint density at radius 1 is 0.338 bits per heavy atom. The summed E-state index contributed by atoms with van der Waals surface area (Å²) in [4.78, 5) is 55.4. The van der Waals surface area contributed by atoms with Crippen LogP contribution in [0.5, 0.6) is 0 Å². The first-order valence-electron chi connectivity index (χ1n) is 25.0. The molecule has 1 fully saturated rings. The van der Waals surface area contributed by atoms with Crippen LogP contribution in [0.4, 0.5) is 0 Å². The molecule has 1 aliphatic rings. The molecule has 8 heterocycles. The number of hydrogen-bond donors (Lipinski definition) is 0. The van der Waals surface area contributed by atoms with Crippen LogP contribution in [0.3, 0.4) is 0 Å². The normalized spacial score (nSPS) is 13.4. The standard InChI is InChI=1S/C33H19N7O2.C19H20BNO3.C7H3Cl2N5/c1-3-7-27-25(5-1)36-32(41-27)22-13-9-20(10-14-22)29-38-30(40-31(39-29)24-17-34-19-35-18-24)21-11-15-23(16-12-21)33-37-26-6-2-4-8-28(26)42-33;1-18(2)19(3,4)24-20(23-18)14-11-9-13(10-12-14)17-21-15-7-5-6-8-16(15)22-17;8-6-12-5(13-7(9)14-6)4-1-10-3-11-2-4/h1-19H;5-12H,1-4H3;1-3H. The highest BCUT2D eigenvalue weighted by atomic mass is 35.5. The average Bonchev–Trinajstić information content (AvgIpc) is 4.31. The lowest BCUT2D eigenvalue weighted by atomic mass is 9.79. The molecule has 6 aromatic carbocycles. The van der Waals surface area contributed by atoms with Crippen molar-refractivity contribution in [3.05, 3.63) is 194 Å². The van der Waals surface area contributed by atoms with Crippen molar-refractivity contribution in [2.24, 2.45) is 0 Å². The molecule has 7 aromatic heterocycles. The number of oxazole rings is 3. The first-order valence-corrected chi connectivity index (χ1v) is 25.7. The monoisotopic (exact) mass is 1090 g/mol. The smallest absolute Gasteiger partial charge is 0.436 e. The van der Waals surface area contributed by atoms with Gasteiger partial charge in [0.15, 0.2) is 40.0 Å². The van der Waals surface area contributed by atoms with E-state index in [0.29, 0.717) is 52.1 Å².